The van der Waals surface area contributed by atoms with Gasteiger partial charge in [-0.2, -0.15) is 0 Å². The highest BCUT2D eigenvalue weighted by atomic mass is 32.7. The van der Waals surface area contributed by atoms with Crippen LogP contribution in [0.3, 0.4) is 0 Å². The van der Waals surface area contributed by atoms with E-state index in [1.165, 1.54) is 0 Å². The molecule has 0 spiro atoms. The van der Waals surface area contributed by atoms with Crippen molar-refractivity contribution >= 4 is 18.5 Å². The van der Waals surface area contributed by atoms with Crippen LogP contribution < -0.4 is 0 Å². The van der Waals surface area contributed by atoms with Gasteiger partial charge in [-0.25, -0.2) is 4.57 Å². The van der Waals surface area contributed by atoms with E-state index in [0.29, 0.717) is 6.61 Å². The Labute approximate surface area is 94.9 Å². The fraction of sp³-hybridized carbons (Fsp3) is 1.00. The molecule has 6 nitrogen and oxygen atoms in total. The third-order valence-electron chi connectivity index (χ3n) is 1.04. The Bertz CT molecular complexity index is 190. The zero-order valence-electron chi connectivity index (χ0n) is 9.58. The fourth-order valence-electron chi connectivity index (χ4n) is 0.421. The molecule has 0 aliphatic heterocycles. The van der Waals surface area contributed by atoms with Crippen molar-refractivity contribution in [2.75, 3.05) is 40.9 Å². The Morgan fingerprint density at radius 3 is 1.87 bits per heavy atom. The molecule has 0 unspecified atom stereocenters. The summed E-state index contributed by atoms with van der Waals surface area (Å²) in [5.74, 6) is 0. The fourth-order valence-corrected chi connectivity index (χ4v) is 1.39. The van der Waals surface area contributed by atoms with Crippen LogP contribution in [-0.2, 0) is 8.75 Å². The lowest BCUT2D eigenvalue weighted by atomic mass is 10.5. The van der Waals surface area contributed by atoms with Crippen LogP contribution in [0.5, 0.6) is 0 Å². The maximum absolute atomic E-state index is 9.92. The molecule has 0 radical (unpaired) electrons. The van der Waals surface area contributed by atoms with Crippen LogP contribution in [-0.4, -0.2) is 60.3 Å². The van der Waals surface area contributed by atoms with Gasteiger partial charge in [0.05, 0.1) is 34.4 Å². The zero-order chi connectivity index (χ0) is 12.5. The molecule has 0 saturated carbocycles. The summed E-state index contributed by atoms with van der Waals surface area (Å²) in [6.45, 7) is -0.916. The number of nitrogens with zero attached hydrogens (tertiary/aromatic N) is 1. The molecule has 0 aromatic heterocycles. The van der Waals surface area contributed by atoms with Gasteiger partial charge in [-0.3, -0.25) is 0 Å². The molecule has 0 aromatic carbocycles. The quantitative estimate of drug-likeness (QED) is 0.379. The van der Waals surface area contributed by atoms with Crippen LogP contribution in [0.1, 0.15) is 6.92 Å². The molecule has 8 heteroatoms. The first kappa shape index (κ1) is 17.8. The minimum atomic E-state index is -3.99. The molecule has 0 saturated heterocycles. The maximum atomic E-state index is 9.92. The highest BCUT2D eigenvalue weighted by Gasteiger charge is 2.13. The second-order valence-corrected chi connectivity index (χ2v) is 6.95. The minimum Gasteiger partial charge on any atom is -0.391 e. The van der Waals surface area contributed by atoms with Gasteiger partial charge < -0.3 is 23.6 Å². The molecule has 0 fully saturated rings. The average Bonchev–Trinajstić information content (AvgIpc) is 1.98. The number of rotatable bonds is 5. The first-order valence-corrected chi connectivity index (χ1v) is 7.36. The average molecular weight is 262 g/mol. The van der Waals surface area contributed by atoms with Gasteiger partial charge in [-0.1, -0.05) is 0 Å². The van der Waals surface area contributed by atoms with E-state index < -0.39 is 6.80 Å². The summed E-state index contributed by atoms with van der Waals surface area (Å²) in [6, 6.07) is 0. The van der Waals surface area contributed by atoms with Crippen molar-refractivity contribution in [2.24, 2.45) is 0 Å². The van der Waals surface area contributed by atoms with E-state index in [9.17, 15) is 4.57 Å². The van der Waals surface area contributed by atoms with Gasteiger partial charge in [-0.05, 0) is 6.92 Å². The molecule has 0 aliphatic carbocycles. The molecule has 0 atom stereocenters. The van der Waals surface area contributed by atoms with Gasteiger partial charge in [0, 0.05) is 0 Å². The SMILES string of the molecule is CCOSP(=O)(O)O.C[N+](C)(C)CCO. The number of aliphatic hydroxyl groups excluding tert-OH is 1. The third kappa shape index (κ3) is 25.0. The molecule has 3 N–H and O–H groups in total. The van der Waals surface area contributed by atoms with E-state index in [1.807, 2.05) is 0 Å². The summed E-state index contributed by atoms with van der Waals surface area (Å²) in [4.78, 5) is 16.2. The van der Waals surface area contributed by atoms with Gasteiger partial charge in [0.15, 0.2) is 0 Å². The van der Waals surface area contributed by atoms with Crippen LogP contribution in [0.2, 0.25) is 0 Å². The molecule has 0 rings (SSSR count). The second-order valence-electron chi connectivity index (χ2n) is 3.71. The Morgan fingerprint density at radius 2 is 1.80 bits per heavy atom. The van der Waals surface area contributed by atoms with E-state index in [0.717, 1.165) is 11.0 Å². The van der Waals surface area contributed by atoms with Crippen LogP contribution in [0.4, 0.5) is 0 Å². The van der Waals surface area contributed by atoms with Crippen molar-refractivity contribution in [2.45, 2.75) is 6.92 Å². The molecule has 15 heavy (non-hydrogen) atoms. The smallest absolute Gasteiger partial charge is 0.391 e. The van der Waals surface area contributed by atoms with E-state index in [-0.39, 0.29) is 18.3 Å². The number of hydrogen-bond donors (Lipinski definition) is 3. The molecule has 0 amide bonds. The topological polar surface area (TPSA) is 87.0 Å². The van der Waals surface area contributed by atoms with Crippen molar-refractivity contribution in [3.63, 3.8) is 0 Å². The summed E-state index contributed by atoms with van der Waals surface area (Å²) in [7, 11) is 6.16. The molecule has 94 valence electrons. The van der Waals surface area contributed by atoms with Gasteiger partial charge in [0.2, 0.25) is 0 Å². The summed E-state index contributed by atoms with van der Waals surface area (Å²) in [5.41, 5.74) is 0. The van der Waals surface area contributed by atoms with Gasteiger partial charge in [0.25, 0.3) is 0 Å². The van der Waals surface area contributed by atoms with Crippen molar-refractivity contribution in [3.8, 4) is 0 Å². The highest BCUT2D eigenvalue weighted by molar-refractivity contribution is 8.52. The van der Waals surface area contributed by atoms with E-state index in [2.05, 4.69) is 25.3 Å². The van der Waals surface area contributed by atoms with E-state index in [4.69, 9.17) is 14.9 Å². The van der Waals surface area contributed by atoms with Crippen molar-refractivity contribution in [1.29, 1.82) is 0 Å². The van der Waals surface area contributed by atoms with Gasteiger partial charge in [-0.15, -0.1) is 0 Å². The van der Waals surface area contributed by atoms with Crippen LogP contribution in [0.15, 0.2) is 0 Å². The standard InChI is InChI=1S/C5H14NO.C2H7O4PS/c1-6(2,3)4-5-7;1-2-6-8-7(3,4)5/h7H,4-5H2,1-3H3;2H2,1H3,(H2,3,4,5)/q+1;. The number of quaternary nitrogens is 1. The van der Waals surface area contributed by atoms with E-state index >= 15 is 0 Å². The lowest BCUT2D eigenvalue weighted by Gasteiger charge is -2.21. The van der Waals surface area contributed by atoms with Crippen LogP contribution in [0, 0.1) is 0 Å². The number of likely N-dealkylation sites (N-methyl/N-ethyl adjacent to an activating group) is 1. The predicted octanol–water partition coefficient (Wildman–Crippen LogP) is 0.449. The monoisotopic (exact) mass is 262 g/mol. The Hall–Kier alpha value is 0.380. The first-order chi connectivity index (χ1) is 6.62. The van der Waals surface area contributed by atoms with Gasteiger partial charge >= 0.3 is 6.80 Å². The lowest BCUT2D eigenvalue weighted by Crippen LogP contribution is -2.36. The molecular weight excluding hydrogens is 241 g/mol. The van der Waals surface area contributed by atoms with E-state index in [1.54, 1.807) is 6.92 Å². The van der Waals surface area contributed by atoms with Crippen LogP contribution >= 0.6 is 18.5 Å². The summed E-state index contributed by atoms with van der Waals surface area (Å²) in [5, 5.41) is 8.39. The highest BCUT2D eigenvalue weighted by Crippen LogP contribution is 2.50. The third-order valence-corrected chi connectivity index (χ3v) is 2.47. The minimum absolute atomic E-state index is 0.200. The maximum Gasteiger partial charge on any atom is 0.410 e. The Kier molecular flexibility index (Phi) is 10.1. The lowest BCUT2D eigenvalue weighted by molar-refractivity contribution is -0.870. The molecule has 0 heterocycles. The number of hydrogen-bond acceptors (Lipinski definition) is 4. The Balaban J connectivity index is 0. The predicted molar refractivity (Wildman–Crippen MR) is 61.2 cm³/mol. The normalized spacial score (nSPS) is 11.9. The van der Waals surface area contributed by atoms with Gasteiger partial charge in [0.1, 0.15) is 18.2 Å². The number of aliphatic hydroxyl groups is 1. The summed E-state index contributed by atoms with van der Waals surface area (Å²) >= 11 is 0.200. The Morgan fingerprint density at radius 1 is 1.33 bits per heavy atom. The molecule has 0 aliphatic rings. The van der Waals surface area contributed by atoms with Crippen LogP contribution in [0.25, 0.3) is 0 Å². The second kappa shape index (κ2) is 8.52. The summed E-state index contributed by atoms with van der Waals surface area (Å²) in [6.07, 6.45) is 0. The molecule has 0 aromatic rings. The van der Waals surface area contributed by atoms with Crippen molar-refractivity contribution in [1.82, 2.24) is 0 Å². The zero-order valence-corrected chi connectivity index (χ0v) is 11.3. The summed E-state index contributed by atoms with van der Waals surface area (Å²) < 4.78 is 15.1. The van der Waals surface area contributed by atoms with Crippen molar-refractivity contribution < 1.29 is 28.1 Å². The van der Waals surface area contributed by atoms with Crippen molar-refractivity contribution in [3.05, 3.63) is 0 Å². The molecular formula is C7H21NO5PS+. The largest absolute Gasteiger partial charge is 0.410 e. The first-order valence-electron chi connectivity index (χ1n) is 4.40. The molecule has 0 bridgehead atoms.